The SMILES string of the molecule is CCCCC/C=C\CCCCCCCC(=O)OC[C@H](COP(=O)(O)O)OC(=O)CCCCCCCCC/C=C\CCCCCCCC. The van der Waals surface area contributed by atoms with E-state index in [0.29, 0.717) is 12.8 Å². The van der Waals surface area contributed by atoms with Gasteiger partial charge in [-0.05, 0) is 64.2 Å². The number of phosphoric acid groups is 1. The minimum atomic E-state index is -4.75. The largest absolute Gasteiger partial charge is 0.469 e. The fourth-order valence-electron chi connectivity index (χ4n) is 5.30. The molecule has 0 aromatic carbocycles. The second kappa shape index (κ2) is 34.4. The van der Waals surface area contributed by atoms with Crippen molar-refractivity contribution in [3.63, 3.8) is 0 Å². The number of unbranched alkanes of at least 4 members (excludes halogenated alkanes) is 21. The van der Waals surface area contributed by atoms with Crippen molar-refractivity contribution in [2.45, 2.75) is 193 Å². The van der Waals surface area contributed by atoms with Crippen molar-refractivity contribution in [2.24, 2.45) is 0 Å². The van der Waals surface area contributed by atoms with Gasteiger partial charge in [0, 0.05) is 12.8 Å². The van der Waals surface area contributed by atoms with E-state index in [9.17, 15) is 14.2 Å². The molecule has 0 heterocycles. The van der Waals surface area contributed by atoms with E-state index in [1.54, 1.807) is 0 Å². The van der Waals surface area contributed by atoms with Crippen LogP contribution in [-0.4, -0.2) is 41.0 Å². The molecule has 0 saturated carbocycles. The highest BCUT2D eigenvalue weighted by atomic mass is 31.2. The zero-order chi connectivity index (χ0) is 34.7. The topological polar surface area (TPSA) is 119 Å². The highest BCUT2D eigenvalue weighted by Gasteiger charge is 2.22. The molecule has 1 atom stereocenters. The maximum Gasteiger partial charge on any atom is 0.469 e. The molecular formula is C38H71O8P. The molecule has 0 aromatic rings. The molecule has 0 amide bonds. The van der Waals surface area contributed by atoms with Crippen molar-refractivity contribution < 1.29 is 37.9 Å². The third-order valence-corrected chi connectivity index (χ3v) is 8.68. The van der Waals surface area contributed by atoms with Crippen LogP contribution in [0.4, 0.5) is 0 Å². The number of esters is 2. The van der Waals surface area contributed by atoms with Crippen molar-refractivity contribution in [3.05, 3.63) is 24.3 Å². The summed E-state index contributed by atoms with van der Waals surface area (Å²) >= 11 is 0. The van der Waals surface area contributed by atoms with Crippen LogP contribution in [0.1, 0.15) is 187 Å². The van der Waals surface area contributed by atoms with Gasteiger partial charge in [-0.15, -0.1) is 0 Å². The van der Waals surface area contributed by atoms with Crippen LogP contribution < -0.4 is 0 Å². The van der Waals surface area contributed by atoms with E-state index in [4.69, 9.17) is 19.3 Å². The first-order valence-electron chi connectivity index (χ1n) is 19.1. The monoisotopic (exact) mass is 686 g/mol. The molecule has 8 nitrogen and oxygen atoms in total. The molecule has 2 N–H and O–H groups in total. The zero-order valence-corrected chi connectivity index (χ0v) is 31.1. The van der Waals surface area contributed by atoms with Crippen LogP contribution in [0.25, 0.3) is 0 Å². The van der Waals surface area contributed by atoms with Crippen molar-refractivity contribution in [2.75, 3.05) is 13.2 Å². The first kappa shape index (κ1) is 45.5. The van der Waals surface area contributed by atoms with Gasteiger partial charge in [-0.1, -0.05) is 134 Å². The molecule has 0 fully saturated rings. The van der Waals surface area contributed by atoms with E-state index in [1.165, 1.54) is 89.9 Å². The van der Waals surface area contributed by atoms with E-state index >= 15 is 0 Å². The molecule has 0 bridgehead atoms. The van der Waals surface area contributed by atoms with Gasteiger partial charge in [0.2, 0.25) is 0 Å². The Morgan fingerprint density at radius 3 is 1.34 bits per heavy atom. The summed E-state index contributed by atoms with van der Waals surface area (Å²) < 4.78 is 26.3. The first-order valence-corrected chi connectivity index (χ1v) is 20.7. The molecule has 0 aromatic heterocycles. The lowest BCUT2D eigenvalue weighted by Crippen LogP contribution is -2.29. The van der Waals surface area contributed by atoms with Crippen molar-refractivity contribution >= 4 is 19.8 Å². The third-order valence-electron chi connectivity index (χ3n) is 8.19. The van der Waals surface area contributed by atoms with Gasteiger partial charge in [-0.2, -0.15) is 0 Å². The molecule has 0 unspecified atom stereocenters. The summed E-state index contributed by atoms with van der Waals surface area (Å²) in [5, 5.41) is 0. The zero-order valence-electron chi connectivity index (χ0n) is 30.2. The molecule has 0 saturated heterocycles. The summed E-state index contributed by atoms with van der Waals surface area (Å²) in [6, 6.07) is 0. The maximum atomic E-state index is 12.4. The van der Waals surface area contributed by atoms with Gasteiger partial charge in [-0.25, -0.2) is 4.57 Å². The second-order valence-electron chi connectivity index (χ2n) is 12.9. The first-order chi connectivity index (χ1) is 22.8. The summed E-state index contributed by atoms with van der Waals surface area (Å²) in [6.45, 7) is 3.64. The van der Waals surface area contributed by atoms with Crippen LogP contribution in [0.2, 0.25) is 0 Å². The number of rotatable bonds is 35. The lowest BCUT2D eigenvalue weighted by Gasteiger charge is -2.18. The van der Waals surface area contributed by atoms with E-state index in [-0.39, 0.29) is 19.4 Å². The normalized spacial score (nSPS) is 12.7. The van der Waals surface area contributed by atoms with E-state index in [2.05, 4.69) is 42.7 Å². The lowest BCUT2D eigenvalue weighted by atomic mass is 10.1. The summed E-state index contributed by atoms with van der Waals surface area (Å²) in [5.74, 6) is -0.898. The number of phosphoric ester groups is 1. The molecule has 0 aliphatic carbocycles. The number of carbonyl (C=O) groups is 2. The number of allylic oxidation sites excluding steroid dienone is 4. The summed E-state index contributed by atoms with van der Waals surface area (Å²) in [7, 11) is -4.75. The minimum Gasteiger partial charge on any atom is -0.462 e. The number of carbonyl (C=O) groups excluding carboxylic acids is 2. The Bertz CT molecular complexity index is 823. The molecule has 9 heteroatoms. The molecule has 0 spiro atoms. The number of ether oxygens (including phenoxy) is 2. The second-order valence-corrected chi connectivity index (χ2v) is 14.1. The van der Waals surface area contributed by atoms with Gasteiger partial charge in [-0.3, -0.25) is 14.1 Å². The Labute approximate surface area is 288 Å². The van der Waals surface area contributed by atoms with Crippen molar-refractivity contribution in [1.29, 1.82) is 0 Å². The quantitative estimate of drug-likeness (QED) is 0.0292. The van der Waals surface area contributed by atoms with Gasteiger partial charge in [0.15, 0.2) is 6.10 Å². The van der Waals surface area contributed by atoms with Crippen molar-refractivity contribution in [3.8, 4) is 0 Å². The van der Waals surface area contributed by atoms with Gasteiger partial charge in [0.05, 0.1) is 6.61 Å². The van der Waals surface area contributed by atoms with Crippen molar-refractivity contribution in [1.82, 2.24) is 0 Å². The molecule has 0 aliphatic heterocycles. The predicted octanol–water partition coefficient (Wildman–Crippen LogP) is 11.2. The molecule has 0 rings (SSSR count). The Hall–Kier alpha value is -1.47. The predicted molar refractivity (Wildman–Crippen MR) is 193 cm³/mol. The fraction of sp³-hybridized carbons (Fsp3) is 0.842. The van der Waals surface area contributed by atoms with Crippen LogP contribution in [0, 0.1) is 0 Å². The Kier molecular flexibility index (Phi) is 33.3. The van der Waals surface area contributed by atoms with E-state index < -0.39 is 32.5 Å². The van der Waals surface area contributed by atoms with Gasteiger partial charge >= 0.3 is 19.8 Å². The van der Waals surface area contributed by atoms with E-state index in [0.717, 1.165) is 57.8 Å². The van der Waals surface area contributed by atoms with Crippen LogP contribution in [0.5, 0.6) is 0 Å². The summed E-state index contributed by atoms with van der Waals surface area (Å²) in [6.07, 6.45) is 37.5. The Morgan fingerprint density at radius 1 is 0.532 bits per heavy atom. The van der Waals surface area contributed by atoms with Crippen LogP contribution in [-0.2, 0) is 28.2 Å². The summed E-state index contributed by atoms with van der Waals surface area (Å²) in [5.41, 5.74) is 0. The fourth-order valence-corrected chi connectivity index (χ4v) is 5.66. The van der Waals surface area contributed by atoms with Gasteiger partial charge in [0.1, 0.15) is 6.61 Å². The highest BCUT2D eigenvalue weighted by Crippen LogP contribution is 2.36. The highest BCUT2D eigenvalue weighted by molar-refractivity contribution is 7.46. The standard InChI is InChI=1S/C38H71O8P/c1-3-5-7-9-11-13-15-17-18-19-20-21-23-25-27-29-31-33-38(40)46-36(35-45-47(41,42)43)34-44-37(39)32-30-28-26-24-22-16-14-12-10-8-6-4-2/h12,14,17-18,36H,3-11,13,15-16,19-35H2,1-2H3,(H2,41,42,43)/b14-12-,18-17-/t36-/m1/s1. The average Bonchev–Trinajstić information content (AvgIpc) is 3.04. The Balaban J connectivity index is 3.96. The van der Waals surface area contributed by atoms with Gasteiger partial charge < -0.3 is 19.3 Å². The average molecular weight is 687 g/mol. The molecular weight excluding hydrogens is 615 g/mol. The van der Waals surface area contributed by atoms with Crippen LogP contribution in [0.3, 0.4) is 0 Å². The minimum absolute atomic E-state index is 0.207. The molecule has 47 heavy (non-hydrogen) atoms. The smallest absolute Gasteiger partial charge is 0.462 e. The molecule has 0 aliphatic rings. The van der Waals surface area contributed by atoms with Gasteiger partial charge in [0.25, 0.3) is 0 Å². The number of hydrogen-bond acceptors (Lipinski definition) is 6. The Morgan fingerprint density at radius 2 is 0.894 bits per heavy atom. The lowest BCUT2D eigenvalue weighted by molar-refractivity contribution is -0.161. The molecule has 276 valence electrons. The van der Waals surface area contributed by atoms with Crippen LogP contribution in [0.15, 0.2) is 24.3 Å². The number of hydrogen-bond donors (Lipinski definition) is 2. The van der Waals surface area contributed by atoms with Crippen LogP contribution >= 0.6 is 7.82 Å². The molecule has 0 radical (unpaired) electrons. The summed E-state index contributed by atoms with van der Waals surface area (Å²) in [4.78, 5) is 42.7. The third kappa shape index (κ3) is 37.2. The van der Waals surface area contributed by atoms with E-state index in [1.807, 2.05) is 0 Å². The maximum absolute atomic E-state index is 12.4.